The van der Waals surface area contributed by atoms with Crippen molar-refractivity contribution in [2.75, 3.05) is 33.9 Å². The van der Waals surface area contributed by atoms with Crippen LogP contribution < -0.4 is 0 Å². The Bertz CT molecular complexity index is 160. The molecule has 0 saturated heterocycles. The summed E-state index contributed by atoms with van der Waals surface area (Å²) in [5.74, 6) is -0.577. The summed E-state index contributed by atoms with van der Waals surface area (Å²) in [6.07, 6.45) is -0.244. The summed E-state index contributed by atoms with van der Waals surface area (Å²) in [6.45, 7) is 9.81. The number of nitrogens with zero attached hydrogens (tertiary/aromatic N) is 1. The Labute approximate surface area is 93.5 Å². The van der Waals surface area contributed by atoms with E-state index in [4.69, 9.17) is 14.2 Å². The molecular formula is C11H25NO3. The Kier molecular flexibility index (Phi) is 7.09. The number of hydrogen-bond acceptors (Lipinski definition) is 4. The van der Waals surface area contributed by atoms with Gasteiger partial charge in [0, 0.05) is 13.2 Å². The van der Waals surface area contributed by atoms with E-state index in [1.54, 1.807) is 0 Å². The summed E-state index contributed by atoms with van der Waals surface area (Å²) >= 11 is 0. The van der Waals surface area contributed by atoms with Crippen LogP contribution in [0.2, 0.25) is 0 Å². The molecule has 1 atom stereocenters. The molecule has 0 aliphatic heterocycles. The Balaban J connectivity index is 3.67. The van der Waals surface area contributed by atoms with E-state index in [-0.39, 0.29) is 6.29 Å². The van der Waals surface area contributed by atoms with E-state index >= 15 is 0 Å². The predicted octanol–water partition coefficient (Wildman–Crippen LogP) is 1.70. The highest BCUT2D eigenvalue weighted by molar-refractivity contribution is 4.54. The lowest BCUT2D eigenvalue weighted by Gasteiger charge is -2.28. The lowest BCUT2D eigenvalue weighted by atomic mass is 10.4. The van der Waals surface area contributed by atoms with Gasteiger partial charge in [-0.25, -0.2) is 0 Å². The van der Waals surface area contributed by atoms with Gasteiger partial charge in [0.25, 0.3) is 0 Å². The molecule has 0 bridgehead atoms. The fourth-order valence-electron chi connectivity index (χ4n) is 1.22. The van der Waals surface area contributed by atoms with Crippen molar-refractivity contribution in [1.82, 2.24) is 4.90 Å². The minimum absolute atomic E-state index is 0.244. The molecule has 1 unspecified atom stereocenters. The smallest absolute Gasteiger partial charge is 0.165 e. The molecule has 0 aromatic heterocycles. The molecule has 4 heteroatoms. The Morgan fingerprint density at radius 1 is 1.27 bits per heavy atom. The SMILES string of the molecule is CCOC(C)(C)OC(C)OCCN(C)C. The highest BCUT2D eigenvalue weighted by Crippen LogP contribution is 2.14. The van der Waals surface area contributed by atoms with Crippen molar-refractivity contribution in [2.24, 2.45) is 0 Å². The van der Waals surface area contributed by atoms with Gasteiger partial charge in [0.15, 0.2) is 12.1 Å². The van der Waals surface area contributed by atoms with Crippen molar-refractivity contribution in [2.45, 2.75) is 39.8 Å². The van der Waals surface area contributed by atoms with Gasteiger partial charge < -0.3 is 19.1 Å². The van der Waals surface area contributed by atoms with E-state index in [1.807, 2.05) is 41.8 Å². The van der Waals surface area contributed by atoms with Crippen LogP contribution in [0.5, 0.6) is 0 Å². The topological polar surface area (TPSA) is 30.9 Å². The second-order valence-electron chi connectivity index (χ2n) is 4.19. The van der Waals surface area contributed by atoms with Crippen LogP contribution in [0.4, 0.5) is 0 Å². The van der Waals surface area contributed by atoms with E-state index in [9.17, 15) is 0 Å². The van der Waals surface area contributed by atoms with Crippen molar-refractivity contribution >= 4 is 0 Å². The third kappa shape index (κ3) is 8.81. The van der Waals surface area contributed by atoms with Crippen molar-refractivity contribution in [1.29, 1.82) is 0 Å². The lowest BCUT2D eigenvalue weighted by Crippen LogP contribution is -2.34. The molecule has 0 amide bonds. The van der Waals surface area contributed by atoms with E-state index in [0.29, 0.717) is 13.2 Å². The van der Waals surface area contributed by atoms with Crippen molar-refractivity contribution < 1.29 is 14.2 Å². The first-order chi connectivity index (χ1) is 6.87. The predicted molar refractivity (Wildman–Crippen MR) is 60.8 cm³/mol. The molecule has 0 aromatic carbocycles. The monoisotopic (exact) mass is 219 g/mol. The first kappa shape index (κ1) is 14.8. The second-order valence-corrected chi connectivity index (χ2v) is 4.19. The van der Waals surface area contributed by atoms with E-state index < -0.39 is 5.79 Å². The zero-order chi connectivity index (χ0) is 11.9. The fourth-order valence-corrected chi connectivity index (χ4v) is 1.22. The number of likely N-dealkylation sites (N-methyl/N-ethyl adjacent to an activating group) is 1. The number of hydrogen-bond donors (Lipinski definition) is 0. The average molecular weight is 219 g/mol. The molecule has 0 aromatic rings. The quantitative estimate of drug-likeness (QED) is 0.581. The van der Waals surface area contributed by atoms with Crippen LogP contribution in [-0.2, 0) is 14.2 Å². The van der Waals surface area contributed by atoms with Crippen molar-refractivity contribution in [3.8, 4) is 0 Å². The maximum atomic E-state index is 5.60. The highest BCUT2D eigenvalue weighted by atomic mass is 16.8. The van der Waals surface area contributed by atoms with Gasteiger partial charge in [-0.15, -0.1) is 0 Å². The zero-order valence-electron chi connectivity index (χ0n) is 10.9. The first-order valence-electron chi connectivity index (χ1n) is 5.45. The summed E-state index contributed by atoms with van der Waals surface area (Å²) in [7, 11) is 4.03. The Morgan fingerprint density at radius 3 is 2.33 bits per heavy atom. The van der Waals surface area contributed by atoms with Crippen LogP contribution in [0.3, 0.4) is 0 Å². The largest absolute Gasteiger partial charge is 0.352 e. The van der Waals surface area contributed by atoms with Crippen LogP contribution in [0.15, 0.2) is 0 Å². The fraction of sp³-hybridized carbons (Fsp3) is 1.00. The third-order valence-corrected chi connectivity index (χ3v) is 1.83. The zero-order valence-corrected chi connectivity index (χ0v) is 10.9. The molecular weight excluding hydrogens is 194 g/mol. The van der Waals surface area contributed by atoms with Gasteiger partial charge in [-0.05, 0) is 41.8 Å². The van der Waals surface area contributed by atoms with E-state index in [1.165, 1.54) is 0 Å². The van der Waals surface area contributed by atoms with Gasteiger partial charge in [0.1, 0.15) is 0 Å². The molecule has 0 fully saturated rings. The molecule has 15 heavy (non-hydrogen) atoms. The lowest BCUT2D eigenvalue weighted by molar-refractivity contribution is -0.286. The summed E-state index contributed by atoms with van der Waals surface area (Å²) < 4.78 is 16.5. The van der Waals surface area contributed by atoms with Crippen LogP contribution in [0, 0.1) is 0 Å². The standard InChI is InChI=1S/C11H25NO3/c1-7-14-11(3,4)15-10(2)13-9-8-12(5)6/h10H,7-9H2,1-6H3. The first-order valence-corrected chi connectivity index (χ1v) is 5.45. The summed E-state index contributed by atoms with van der Waals surface area (Å²) in [4.78, 5) is 2.07. The van der Waals surface area contributed by atoms with Gasteiger partial charge in [-0.1, -0.05) is 0 Å². The van der Waals surface area contributed by atoms with E-state index in [2.05, 4.69) is 4.90 Å². The van der Waals surface area contributed by atoms with Gasteiger partial charge in [-0.3, -0.25) is 0 Å². The highest BCUT2D eigenvalue weighted by Gasteiger charge is 2.21. The molecule has 0 rings (SSSR count). The number of rotatable bonds is 8. The molecule has 4 nitrogen and oxygen atoms in total. The molecule has 0 spiro atoms. The maximum absolute atomic E-state index is 5.60. The van der Waals surface area contributed by atoms with Crippen LogP contribution in [-0.4, -0.2) is 50.8 Å². The summed E-state index contributed by atoms with van der Waals surface area (Å²) in [6, 6.07) is 0. The molecule has 0 N–H and O–H groups in total. The molecule has 0 saturated carbocycles. The maximum Gasteiger partial charge on any atom is 0.165 e. The van der Waals surface area contributed by atoms with Crippen molar-refractivity contribution in [3.05, 3.63) is 0 Å². The minimum atomic E-state index is -0.577. The normalized spacial score (nSPS) is 14.6. The summed E-state index contributed by atoms with van der Waals surface area (Å²) in [5.41, 5.74) is 0. The van der Waals surface area contributed by atoms with Gasteiger partial charge in [0.2, 0.25) is 0 Å². The molecule has 0 aliphatic carbocycles. The van der Waals surface area contributed by atoms with Gasteiger partial charge in [-0.2, -0.15) is 0 Å². The van der Waals surface area contributed by atoms with Crippen LogP contribution in [0.1, 0.15) is 27.7 Å². The molecule has 0 heterocycles. The Morgan fingerprint density at radius 2 is 1.87 bits per heavy atom. The third-order valence-electron chi connectivity index (χ3n) is 1.83. The molecule has 0 radical (unpaired) electrons. The van der Waals surface area contributed by atoms with Crippen LogP contribution in [0.25, 0.3) is 0 Å². The molecule has 92 valence electrons. The van der Waals surface area contributed by atoms with Crippen LogP contribution >= 0.6 is 0 Å². The van der Waals surface area contributed by atoms with E-state index in [0.717, 1.165) is 6.54 Å². The van der Waals surface area contributed by atoms with Gasteiger partial charge >= 0.3 is 0 Å². The molecule has 0 aliphatic rings. The number of ether oxygens (including phenoxy) is 3. The second kappa shape index (κ2) is 7.17. The average Bonchev–Trinajstić information content (AvgIpc) is 2.01. The Hall–Kier alpha value is -0.160. The summed E-state index contributed by atoms with van der Waals surface area (Å²) in [5, 5.41) is 0. The van der Waals surface area contributed by atoms with Gasteiger partial charge in [0.05, 0.1) is 6.61 Å². The minimum Gasteiger partial charge on any atom is -0.352 e. The van der Waals surface area contributed by atoms with Crippen molar-refractivity contribution in [3.63, 3.8) is 0 Å².